The van der Waals surface area contributed by atoms with Crippen molar-refractivity contribution in [2.75, 3.05) is 0 Å². The summed E-state index contributed by atoms with van der Waals surface area (Å²) in [6.45, 7) is 7.77. The molecule has 0 spiro atoms. The van der Waals surface area contributed by atoms with Crippen molar-refractivity contribution in [3.8, 4) is 0 Å². The Balaban J connectivity index is 4.37. The molecule has 64 valence electrons. The number of hydrogen-bond acceptors (Lipinski definition) is 0. The summed E-state index contributed by atoms with van der Waals surface area (Å²) in [6.07, 6.45) is 3.34. The fourth-order valence-electron chi connectivity index (χ4n) is 0.610. The van der Waals surface area contributed by atoms with Crippen LogP contribution in [0, 0.1) is 0 Å². The van der Waals surface area contributed by atoms with Gasteiger partial charge in [-0.15, -0.1) is 0 Å². The van der Waals surface area contributed by atoms with Crippen molar-refractivity contribution in [3.63, 3.8) is 0 Å². The summed E-state index contributed by atoms with van der Waals surface area (Å²) in [4.78, 5) is 0. The molecule has 0 aromatic rings. The van der Waals surface area contributed by atoms with Crippen LogP contribution in [0.5, 0.6) is 0 Å². The van der Waals surface area contributed by atoms with E-state index in [2.05, 4.69) is 0 Å². The van der Waals surface area contributed by atoms with Gasteiger partial charge in [0.15, 0.2) is 0 Å². The molecule has 0 radical (unpaired) electrons. The Hall–Kier alpha value is -0.590. The molecular weight excluding hydrogens is 139 g/mol. The number of allylic oxidation sites excluding steroid dienone is 4. The van der Waals surface area contributed by atoms with Gasteiger partial charge in [0.25, 0.3) is 0 Å². The SMILES string of the molecule is CC/C(C)=C\C(F)=C(\C)CC. The number of halogens is 1. The molecule has 0 bridgehead atoms. The molecule has 1 heteroatoms. The van der Waals surface area contributed by atoms with E-state index < -0.39 is 0 Å². The molecule has 0 heterocycles. The number of rotatable bonds is 3. The van der Waals surface area contributed by atoms with Gasteiger partial charge in [0.1, 0.15) is 5.83 Å². The molecular formula is C10H17F. The summed E-state index contributed by atoms with van der Waals surface area (Å²) in [5, 5.41) is 0. The zero-order valence-electron chi connectivity index (χ0n) is 7.87. The molecule has 11 heavy (non-hydrogen) atoms. The largest absolute Gasteiger partial charge is 0.207 e. The maximum Gasteiger partial charge on any atom is 0.122 e. The highest BCUT2D eigenvalue weighted by Gasteiger charge is 1.95. The van der Waals surface area contributed by atoms with Crippen molar-refractivity contribution in [1.29, 1.82) is 0 Å². The molecule has 0 nitrogen and oxygen atoms in total. The topological polar surface area (TPSA) is 0 Å². The Morgan fingerprint density at radius 1 is 1.18 bits per heavy atom. The Labute approximate surface area is 68.8 Å². The van der Waals surface area contributed by atoms with E-state index in [0.717, 1.165) is 24.0 Å². The maximum atomic E-state index is 13.0. The van der Waals surface area contributed by atoms with Crippen LogP contribution in [0.15, 0.2) is 23.0 Å². The van der Waals surface area contributed by atoms with Crippen LogP contribution in [-0.4, -0.2) is 0 Å². The molecule has 0 unspecified atom stereocenters. The van der Waals surface area contributed by atoms with Crippen LogP contribution < -0.4 is 0 Å². The molecule has 0 N–H and O–H groups in total. The third kappa shape index (κ3) is 3.97. The van der Waals surface area contributed by atoms with E-state index in [4.69, 9.17) is 0 Å². The van der Waals surface area contributed by atoms with Gasteiger partial charge in [0, 0.05) is 0 Å². The lowest BCUT2D eigenvalue weighted by molar-refractivity contribution is 0.645. The normalized spacial score (nSPS) is 14.8. The van der Waals surface area contributed by atoms with E-state index in [1.165, 1.54) is 0 Å². The average Bonchev–Trinajstić information content (AvgIpc) is 2.02. The first-order valence-corrected chi connectivity index (χ1v) is 4.14. The third-order valence-corrected chi connectivity index (χ3v) is 1.87. The van der Waals surface area contributed by atoms with Crippen molar-refractivity contribution in [2.24, 2.45) is 0 Å². The molecule has 0 atom stereocenters. The minimum absolute atomic E-state index is 0.0631. The first-order valence-electron chi connectivity index (χ1n) is 4.14. The quantitative estimate of drug-likeness (QED) is 0.542. The van der Waals surface area contributed by atoms with E-state index >= 15 is 0 Å². The van der Waals surface area contributed by atoms with Gasteiger partial charge in [-0.1, -0.05) is 19.4 Å². The van der Waals surface area contributed by atoms with E-state index in [1.54, 1.807) is 6.08 Å². The lowest BCUT2D eigenvalue weighted by atomic mass is 10.1. The van der Waals surface area contributed by atoms with Gasteiger partial charge in [0.05, 0.1) is 0 Å². The van der Waals surface area contributed by atoms with Crippen molar-refractivity contribution in [1.82, 2.24) is 0 Å². The van der Waals surface area contributed by atoms with Gasteiger partial charge in [-0.05, 0) is 38.3 Å². The van der Waals surface area contributed by atoms with Crippen molar-refractivity contribution >= 4 is 0 Å². The second kappa shape index (κ2) is 5.11. The molecule has 0 aliphatic heterocycles. The lowest BCUT2D eigenvalue weighted by Crippen LogP contribution is -1.79. The predicted octanol–water partition coefficient (Wildman–Crippen LogP) is 4.00. The van der Waals surface area contributed by atoms with Crippen LogP contribution >= 0.6 is 0 Å². The zero-order valence-corrected chi connectivity index (χ0v) is 7.87. The molecule has 0 rings (SSSR count). The highest BCUT2D eigenvalue weighted by molar-refractivity contribution is 5.21. The lowest BCUT2D eigenvalue weighted by Gasteiger charge is -1.97. The Morgan fingerprint density at radius 2 is 1.73 bits per heavy atom. The van der Waals surface area contributed by atoms with Gasteiger partial charge >= 0.3 is 0 Å². The fraction of sp³-hybridized carbons (Fsp3) is 0.600. The van der Waals surface area contributed by atoms with Crippen LogP contribution in [0.2, 0.25) is 0 Å². The first kappa shape index (κ1) is 10.4. The highest BCUT2D eigenvalue weighted by atomic mass is 19.1. The molecule has 0 aromatic carbocycles. The van der Waals surface area contributed by atoms with Crippen molar-refractivity contribution in [2.45, 2.75) is 40.5 Å². The molecule has 0 aliphatic rings. The third-order valence-electron chi connectivity index (χ3n) is 1.87. The van der Waals surface area contributed by atoms with Crippen molar-refractivity contribution < 1.29 is 4.39 Å². The van der Waals surface area contributed by atoms with E-state index in [0.29, 0.717) is 0 Å². The van der Waals surface area contributed by atoms with Gasteiger partial charge in [-0.2, -0.15) is 0 Å². The summed E-state index contributed by atoms with van der Waals surface area (Å²) in [5.74, 6) is -0.0631. The van der Waals surface area contributed by atoms with Gasteiger partial charge < -0.3 is 0 Å². The van der Waals surface area contributed by atoms with Crippen LogP contribution in [-0.2, 0) is 0 Å². The maximum absolute atomic E-state index is 13.0. The summed E-state index contributed by atoms with van der Waals surface area (Å²) in [7, 11) is 0. The van der Waals surface area contributed by atoms with Crippen LogP contribution in [0.4, 0.5) is 4.39 Å². The predicted molar refractivity (Wildman–Crippen MR) is 48.1 cm³/mol. The van der Waals surface area contributed by atoms with Crippen LogP contribution in [0.25, 0.3) is 0 Å². The van der Waals surface area contributed by atoms with Crippen LogP contribution in [0.3, 0.4) is 0 Å². The molecule has 0 fully saturated rings. The fourth-order valence-corrected chi connectivity index (χ4v) is 0.610. The highest BCUT2D eigenvalue weighted by Crippen LogP contribution is 2.13. The summed E-state index contributed by atoms with van der Waals surface area (Å²) in [6, 6.07) is 0. The monoisotopic (exact) mass is 156 g/mol. The molecule has 0 aliphatic carbocycles. The standard InChI is InChI=1S/C10H17F/c1-5-8(3)7-10(11)9(4)6-2/h7H,5-6H2,1-4H3/b8-7-,10-9+. The van der Waals surface area contributed by atoms with E-state index in [-0.39, 0.29) is 5.83 Å². The molecule has 0 saturated carbocycles. The Bertz CT molecular complexity index is 175. The first-order chi connectivity index (χ1) is 5.11. The average molecular weight is 156 g/mol. The molecule has 0 saturated heterocycles. The molecule has 0 amide bonds. The van der Waals surface area contributed by atoms with Gasteiger partial charge in [-0.25, -0.2) is 4.39 Å². The minimum atomic E-state index is -0.0631. The summed E-state index contributed by atoms with van der Waals surface area (Å²) in [5.41, 5.74) is 1.92. The van der Waals surface area contributed by atoms with Gasteiger partial charge in [-0.3, -0.25) is 0 Å². The minimum Gasteiger partial charge on any atom is -0.207 e. The Kier molecular flexibility index (Phi) is 4.84. The second-order valence-electron chi connectivity index (χ2n) is 2.83. The number of hydrogen-bond donors (Lipinski definition) is 0. The van der Waals surface area contributed by atoms with Gasteiger partial charge in [0.2, 0.25) is 0 Å². The van der Waals surface area contributed by atoms with Crippen LogP contribution in [0.1, 0.15) is 40.5 Å². The van der Waals surface area contributed by atoms with E-state index in [1.807, 2.05) is 27.7 Å². The second-order valence-corrected chi connectivity index (χ2v) is 2.83. The summed E-state index contributed by atoms with van der Waals surface area (Å²) >= 11 is 0. The smallest absolute Gasteiger partial charge is 0.122 e. The van der Waals surface area contributed by atoms with Crippen molar-refractivity contribution in [3.05, 3.63) is 23.0 Å². The zero-order chi connectivity index (χ0) is 8.85. The Morgan fingerprint density at radius 3 is 2.09 bits per heavy atom. The van der Waals surface area contributed by atoms with E-state index in [9.17, 15) is 4.39 Å². The molecule has 0 aromatic heterocycles. The summed E-state index contributed by atoms with van der Waals surface area (Å²) < 4.78 is 13.0.